The van der Waals surface area contributed by atoms with Crippen molar-refractivity contribution in [2.24, 2.45) is 5.92 Å². The molecule has 1 amide bonds. The van der Waals surface area contributed by atoms with Crippen LogP contribution in [-0.4, -0.2) is 44.5 Å². The SMILES string of the molecule is Cc1cccnc1OC1CCN(C(=O)C2CCc3nccn3C2)CC1. The lowest BCUT2D eigenvalue weighted by Gasteiger charge is -2.35. The number of carbonyl (C=O) groups excluding carboxylic acids is 1. The van der Waals surface area contributed by atoms with Crippen LogP contribution in [0.15, 0.2) is 30.7 Å². The first-order valence-corrected chi connectivity index (χ1v) is 9.08. The van der Waals surface area contributed by atoms with Gasteiger partial charge in [0.15, 0.2) is 0 Å². The molecular formula is C19H24N4O2. The first kappa shape index (κ1) is 16.1. The zero-order chi connectivity index (χ0) is 17.2. The van der Waals surface area contributed by atoms with Crippen LogP contribution in [-0.2, 0) is 17.8 Å². The van der Waals surface area contributed by atoms with Gasteiger partial charge < -0.3 is 14.2 Å². The number of pyridine rings is 1. The molecule has 1 fully saturated rings. The molecule has 4 rings (SSSR count). The molecule has 0 bridgehead atoms. The largest absolute Gasteiger partial charge is 0.474 e. The van der Waals surface area contributed by atoms with Gasteiger partial charge in [-0.1, -0.05) is 6.07 Å². The maximum Gasteiger partial charge on any atom is 0.227 e. The number of nitrogens with zero attached hydrogens (tertiary/aromatic N) is 4. The summed E-state index contributed by atoms with van der Waals surface area (Å²) in [4.78, 5) is 23.5. The van der Waals surface area contributed by atoms with Crippen molar-refractivity contribution in [2.75, 3.05) is 13.1 Å². The maximum atomic E-state index is 12.8. The van der Waals surface area contributed by atoms with Crippen molar-refractivity contribution in [2.45, 2.75) is 45.3 Å². The molecule has 6 heteroatoms. The first-order valence-electron chi connectivity index (χ1n) is 9.08. The molecule has 0 N–H and O–H groups in total. The fraction of sp³-hybridized carbons (Fsp3) is 0.526. The highest BCUT2D eigenvalue weighted by Crippen LogP contribution is 2.24. The van der Waals surface area contributed by atoms with Gasteiger partial charge in [0.05, 0.1) is 5.92 Å². The predicted molar refractivity (Wildman–Crippen MR) is 93.2 cm³/mol. The molecule has 2 aromatic rings. The van der Waals surface area contributed by atoms with Crippen LogP contribution in [0.5, 0.6) is 5.88 Å². The van der Waals surface area contributed by atoms with Crippen LogP contribution in [0, 0.1) is 12.8 Å². The number of amides is 1. The van der Waals surface area contributed by atoms with Gasteiger partial charge in [-0.25, -0.2) is 9.97 Å². The number of carbonyl (C=O) groups is 1. The smallest absolute Gasteiger partial charge is 0.227 e. The van der Waals surface area contributed by atoms with Gasteiger partial charge in [-0.3, -0.25) is 4.79 Å². The molecule has 4 heterocycles. The van der Waals surface area contributed by atoms with E-state index in [1.54, 1.807) is 6.20 Å². The highest BCUT2D eigenvalue weighted by atomic mass is 16.5. The minimum absolute atomic E-state index is 0.0807. The molecule has 0 spiro atoms. The lowest BCUT2D eigenvalue weighted by atomic mass is 9.96. The number of likely N-dealkylation sites (tertiary alicyclic amines) is 1. The van der Waals surface area contributed by atoms with Crippen molar-refractivity contribution in [1.29, 1.82) is 0 Å². The van der Waals surface area contributed by atoms with Crippen LogP contribution in [0.1, 0.15) is 30.7 Å². The Morgan fingerprint density at radius 2 is 2.04 bits per heavy atom. The average Bonchev–Trinajstić information content (AvgIpc) is 3.11. The number of hydrogen-bond donors (Lipinski definition) is 0. The molecular weight excluding hydrogens is 316 g/mol. The van der Waals surface area contributed by atoms with Gasteiger partial charge in [0.2, 0.25) is 11.8 Å². The summed E-state index contributed by atoms with van der Waals surface area (Å²) >= 11 is 0. The Balaban J connectivity index is 1.31. The zero-order valence-corrected chi connectivity index (χ0v) is 14.6. The van der Waals surface area contributed by atoms with E-state index >= 15 is 0 Å². The van der Waals surface area contributed by atoms with E-state index in [1.165, 1.54) is 0 Å². The molecule has 2 aromatic heterocycles. The quantitative estimate of drug-likeness (QED) is 0.860. The van der Waals surface area contributed by atoms with Gasteiger partial charge in [-0.2, -0.15) is 0 Å². The molecule has 0 aromatic carbocycles. The Bertz CT molecular complexity index is 749. The van der Waals surface area contributed by atoms with Crippen LogP contribution in [0.2, 0.25) is 0 Å². The second kappa shape index (κ2) is 6.86. The second-order valence-electron chi connectivity index (χ2n) is 7.00. The molecule has 0 aliphatic carbocycles. The number of fused-ring (bicyclic) bond motifs is 1. The van der Waals surface area contributed by atoms with E-state index in [0.717, 1.165) is 56.7 Å². The van der Waals surface area contributed by atoms with E-state index in [-0.39, 0.29) is 17.9 Å². The van der Waals surface area contributed by atoms with Crippen molar-refractivity contribution >= 4 is 5.91 Å². The van der Waals surface area contributed by atoms with Crippen molar-refractivity contribution in [3.8, 4) is 5.88 Å². The van der Waals surface area contributed by atoms with Crippen LogP contribution in [0.25, 0.3) is 0 Å². The molecule has 0 radical (unpaired) electrons. The summed E-state index contributed by atoms with van der Waals surface area (Å²) in [5.74, 6) is 2.18. The van der Waals surface area contributed by atoms with Gasteiger partial charge in [-0.15, -0.1) is 0 Å². The maximum absolute atomic E-state index is 12.8. The van der Waals surface area contributed by atoms with Gasteiger partial charge in [0.1, 0.15) is 11.9 Å². The molecule has 1 saturated heterocycles. The Morgan fingerprint density at radius 3 is 2.84 bits per heavy atom. The Morgan fingerprint density at radius 1 is 1.20 bits per heavy atom. The van der Waals surface area contributed by atoms with Gasteiger partial charge in [0, 0.05) is 63.1 Å². The van der Waals surface area contributed by atoms with E-state index in [2.05, 4.69) is 14.5 Å². The molecule has 2 aliphatic rings. The van der Waals surface area contributed by atoms with Crippen LogP contribution in [0.4, 0.5) is 0 Å². The molecule has 0 saturated carbocycles. The average molecular weight is 340 g/mol. The molecule has 132 valence electrons. The highest BCUT2D eigenvalue weighted by molar-refractivity contribution is 5.79. The molecule has 6 nitrogen and oxygen atoms in total. The van der Waals surface area contributed by atoms with Crippen molar-refractivity contribution in [3.05, 3.63) is 42.1 Å². The standard InChI is InChI=1S/C19H24N4O2/c1-14-3-2-8-21-18(14)25-16-6-10-22(11-7-16)19(24)15-4-5-17-20-9-12-23(17)13-15/h2-3,8-9,12,15-16H,4-7,10-11,13H2,1H3. The third kappa shape index (κ3) is 3.38. The van der Waals surface area contributed by atoms with Crippen LogP contribution < -0.4 is 4.74 Å². The fourth-order valence-electron chi connectivity index (χ4n) is 3.77. The second-order valence-corrected chi connectivity index (χ2v) is 7.00. The topological polar surface area (TPSA) is 60.2 Å². The number of imidazole rings is 1. The molecule has 25 heavy (non-hydrogen) atoms. The van der Waals surface area contributed by atoms with Gasteiger partial charge >= 0.3 is 0 Å². The zero-order valence-electron chi connectivity index (χ0n) is 14.6. The minimum atomic E-state index is 0.0807. The van der Waals surface area contributed by atoms with E-state index in [0.29, 0.717) is 5.88 Å². The number of piperidine rings is 1. The Hall–Kier alpha value is -2.37. The lowest BCUT2D eigenvalue weighted by Crippen LogP contribution is -2.46. The number of aromatic nitrogens is 3. The number of hydrogen-bond acceptors (Lipinski definition) is 4. The van der Waals surface area contributed by atoms with Crippen LogP contribution >= 0.6 is 0 Å². The normalized spacial score (nSPS) is 21.0. The predicted octanol–water partition coefficient (Wildman–Crippen LogP) is 2.22. The summed E-state index contributed by atoms with van der Waals surface area (Å²) in [7, 11) is 0. The molecule has 2 aliphatic heterocycles. The minimum Gasteiger partial charge on any atom is -0.474 e. The lowest BCUT2D eigenvalue weighted by molar-refractivity contribution is -0.138. The highest BCUT2D eigenvalue weighted by Gasteiger charge is 2.31. The summed E-state index contributed by atoms with van der Waals surface area (Å²) in [5.41, 5.74) is 1.05. The monoisotopic (exact) mass is 340 g/mol. The number of aryl methyl sites for hydroxylation is 2. The molecule has 1 unspecified atom stereocenters. The summed E-state index contributed by atoms with van der Waals surface area (Å²) in [5, 5.41) is 0. The number of ether oxygens (including phenoxy) is 1. The summed E-state index contributed by atoms with van der Waals surface area (Å²) in [6.45, 7) is 4.30. The number of rotatable bonds is 3. The molecule has 1 atom stereocenters. The van der Waals surface area contributed by atoms with E-state index in [4.69, 9.17) is 4.74 Å². The summed E-state index contributed by atoms with van der Waals surface area (Å²) in [6, 6.07) is 3.92. The van der Waals surface area contributed by atoms with Crippen molar-refractivity contribution in [1.82, 2.24) is 19.4 Å². The van der Waals surface area contributed by atoms with Gasteiger partial charge in [0.25, 0.3) is 0 Å². The fourth-order valence-corrected chi connectivity index (χ4v) is 3.77. The Kier molecular flexibility index (Phi) is 4.42. The third-order valence-electron chi connectivity index (χ3n) is 5.28. The van der Waals surface area contributed by atoms with E-state index in [1.807, 2.05) is 36.4 Å². The van der Waals surface area contributed by atoms with E-state index in [9.17, 15) is 4.79 Å². The summed E-state index contributed by atoms with van der Waals surface area (Å²) < 4.78 is 8.15. The van der Waals surface area contributed by atoms with Crippen LogP contribution in [0.3, 0.4) is 0 Å². The van der Waals surface area contributed by atoms with E-state index < -0.39 is 0 Å². The van der Waals surface area contributed by atoms with Gasteiger partial charge in [-0.05, 0) is 19.4 Å². The summed E-state index contributed by atoms with van der Waals surface area (Å²) in [6.07, 6.45) is 9.23. The van der Waals surface area contributed by atoms with Crippen molar-refractivity contribution < 1.29 is 9.53 Å². The third-order valence-corrected chi connectivity index (χ3v) is 5.28. The first-order chi connectivity index (χ1) is 12.2. The Labute approximate surface area is 147 Å². The van der Waals surface area contributed by atoms with Crippen molar-refractivity contribution in [3.63, 3.8) is 0 Å².